The van der Waals surface area contributed by atoms with Crippen molar-refractivity contribution in [1.29, 1.82) is 0 Å². The lowest BCUT2D eigenvalue weighted by Crippen LogP contribution is -2.46. The van der Waals surface area contributed by atoms with E-state index in [1.54, 1.807) is 24.5 Å². The molecule has 0 saturated carbocycles. The highest BCUT2D eigenvalue weighted by atomic mass is 16.6. The highest BCUT2D eigenvalue weighted by molar-refractivity contribution is 6.05. The van der Waals surface area contributed by atoms with Gasteiger partial charge in [-0.15, -0.1) is 0 Å². The Morgan fingerprint density at radius 1 is 1.19 bits per heavy atom. The van der Waals surface area contributed by atoms with Gasteiger partial charge >= 0.3 is 0 Å². The van der Waals surface area contributed by atoms with Crippen LogP contribution >= 0.6 is 0 Å². The summed E-state index contributed by atoms with van der Waals surface area (Å²) in [6.07, 6.45) is 2.52. The smallest absolute Gasteiger partial charge is 0.269 e. The third-order valence-corrected chi connectivity index (χ3v) is 6.03. The van der Waals surface area contributed by atoms with E-state index >= 15 is 0 Å². The second-order valence-electron chi connectivity index (χ2n) is 8.42. The number of benzene rings is 2. The number of likely N-dealkylation sites (tertiary alicyclic amines) is 1. The largest absolute Gasteiger partial charge is 0.399 e. The summed E-state index contributed by atoms with van der Waals surface area (Å²) in [5, 5.41) is 27.9. The van der Waals surface area contributed by atoms with Crippen molar-refractivity contribution in [1.82, 2.24) is 15.2 Å². The second kappa shape index (κ2) is 11.4. The molecule has 1 fully saturated rings. The van der Waals surface area contributed by atoms with Gasteiger partial charge in [0, 0.05) is 43.1 Å². The summed E-state index contributed by atoms with van der Waals surface area (Å²) < 4.78 is 0. The molecular formula is C26H25N5O6. The van der Waals surface area contributed by atoms with Crippen LogP contribution in [0.1, 0.15) is 28.4 Å². The predicted octanol–water partition coefficient (Wildman–Crippen LogP) is 2.72. The summed E-state index contributed by atoms with van der Waals surface area (Å²) in [4.78, 5) is 47.1. The van der Waals surface area contributed by atoms with Crippen molar-refractivity contribution in [2.75, 3.05) is 20.2 Å². The summed E-state index contributed by atoms with van der Waals surface area (Å²) in [5.74, 6) is -0.794. The maximum Gasteiger partial charge on any atom is 0.269 e. The molecule has 2 atom stereocenters. The number of nitrogens with one attached hydrogen (secondary N) is 1. The molecule has 0 radical (unpaired) electrons. The molecule has 2 amide bonds. The number of nitrogens with zero attached hydrogens (tertiary/aromatic N) is 4. The number of aromatic nitrogens is 1. The van der Waals surface area contributed by atoms with Crippen LogP contribution in [-0.2, 0) is 9.63 Å². The fraction of sp³-hybridized carbons (Fsp3) is 0.231. The average Bonchev–Trinajstić information content (AvgIpc) is 3.36. The number of non-ortho nitro benzene ring substituents is 1. The fourth-order valence-corrected chi connectivity index (χ4v) is 4.10. The number of hydrogen-bond acceptors (Lipinski definition) is 8. The third kappa shape index (κ3) is 5.96. The summed E-state index contributed by atoms with van der Waals surface area (Å²) in [6.45, 7) is -0.00817. The van der Waals surface area contributed by atoms with Crippen molar-refractivity contribution >= 4 is 23.2 Å². The number of carbonyl (C=O) groups excluding carboxylic acids is 2. The van der Waals surface area contributed by atoms with Crippen molar-refractivity contribution in [2.45, 2.75) is 18.6 Å². The van der Waals surface area contributed by atoms with Gasteiger partial charge in [0.15, 0.2) is 0 Å². The zero-order valence-electron chi connectivity index (χ0n) is 20.0. The van der Waals surface area contributed by atoms with E-state index in [2.05, 4.69) is 15.5 Å². The van der Waals surface area contributed by atoms with Gasteiger partial charge in [0.1, 0.15) is 13.2 Å². The van der Waals surface area contributed by atoms with Gasteiger partial charge in [0.05, 0.1) is 23.3 Å². The lowest BCUT2D eigenvalue weighted by molar-refractivity contribution is -0.384. The molecule has 2 N–H and O–H groups in total. The maximum absolute atomic E-state index is 13.3. The van der Waals surface area contributed by atoms with Gasteiger partial charge in [-0.2, -0.15) is 0 Å². The van der Waals surface area contributed by atoms with E-state index in [9.17, 15) is 24.8 Å². The molecular weight excluding hydrogens is 478 g/mol. The SMILES string of the molecule is CO/N=C1\C[C@@H](C(=O)NC[C@@H](O)c2ccc([N+](=O)[O-])cc2)N(C(=O)c2ccc(-c3cccnc3)cc2)C1. The van der Waals surface area contributed by atoms with Crippen LogP contribution in [0.4, 0.5) is 5.69 Å². The number of nitro groups is 1. The summed E-state index contributed by atoms with van der Waals surface area (Å²) >= 11 is 0. The van der Waals surface area contributed by atoms with E-state index in [-0.39, 0.29) is 31.1 Å². The second-order valence-corrected chi connectivity index (χ2v) is 8.42. The lowest BCUT2D eigenvalue weighted by atomic mass is 10.0. The number of nitro benzene ring substituents is 1. The zero-order chi connectivity index (χ0) is 26.4. The molecule has 0 aliphatic carbocycles. The van der Waals surface area contributed by atoms with Crippen molar-refractivity contribution in [3.63, 3.8) is 0 Å². The monoisotopic (exact) mass is 503 g/mol. The standard InChI is InChI=1S/C26H25N5O6/c1-37-29-21-13-23(25(33)28-15-24(32)18-8-10-22(11-9-18)31(35)36)30(16-21)26(34)19-6-4-17(5-7-19)20-3-2-12-27-14-20/h2-12,14,23-24,32H,13,15-16H2,1H3,(H,28,33)/b29-21+/t23-,24+/m0/s1. The molecule has 11 nitrogen and oxygen atoms in total. The number of pyridine rings is 1. The van der Waals surface area contributed by atoms with Crippen LogP contribution in [0.3, 0.4) is 0 Å². The maximum atomic E-state index is 13.3. The van der Waals surface area contributed by atoms with Crippen LogP contribution in [0.25, 0.3) is 11.1 Å². The van der Waals surface area contributed by atoms with Crippen LogP contribution in [0.2, 0.25) is 0 Å². The van der Waals surface area contributed by atoms with E-state index in [0.717, 1.165) is 11.1 Å². The van der Waals surface area contributed by atoms with Crippen molar-refractivity contribution in [2.24, 2.45) is 5.16 Å². The van der Waals surface area contributed by atoms with Crippen LogP contribution in [0.5, 0.6) is 0 Å². The molecule has 0 unspecified atom stereocenters. The van der Waals surface area contributed by atoms with Gasteiger partial charge in [-0.3, -0.25) is 24.7 Å². The Bertz CT molecular complexity index is 1300. The molecule has 1 aliphatic rings. The van der Waals surface area contributed by atoms with Crippen LogP contribution in [0, 0.1) is 10.1 Å². The lowest BCUT2D eigenvalue weighted by Gasteiger charge is -2.24. The van der Waals surface area contributed by atoms with Crippen molar-refractivity contribution < 1.29 is 24.5 Å². The molecule has 11 heteroatoms. The van der Waals surface area contributed by atoms with Gasteiger partial charge in [-0.1, -0.05) is 23.4 Å². The number of amides is 2. The molecule has 1 aromatic heterocycles. The number of oxime groups is 1. The number of aliphatic hydroxyl groups excluding tert-OH is 1. The molecule has 0 bridgehead atoms. The van der Waals surface area contributed by atoms with Crippen LogP contribution < -0.4 is 5.32 Å². The third-order valence-electron chi connectivity index (χ3n) is 6.03. The highest BCUT2D eigenvalue weighted by Gasteiger charge is 2.38. The molecule has 4 rings (SSSR count). The Labute approximate surface area is 212 Å². The summed E-state index contributed by atoms with van der Waals surface area (Å²) in [5.41, 5.74) is 3.09. The van der Waals surface area contributed by atoms with E-state index in [0.29, 0.717) is 16.8 Å². The van der Waals surface area contributed by atoms with Crippen molar-refractivity contribution in [3.05, 3.63) is 94.3 Å². The first-order valence-corrected chi connectivity index (χ1v) is 11.5. The first-order chi connectivity index (χ1) is 17.9. The van der Waals surface area contributed by atoms with Crippen molar-refractivity contribution in [3.8, 4) is 11.1 Å². The number of hydrogen-bond donors (Lipinski definition) is 2. The Kier molecular flexibility index (Phi) is 7.84. The molecule has 1 aliphatic heterocycles. The van der Waals surface area contributed by atoms with Gasteiger partial charge in [0.25, 0.3) is 11.6 Å². The Morgan fingerprint density at radius 2 is 1.92 bits per heavy atom. The van der Waals surface area contributed by atoms with Crippen LogP contribution in [-0.4, -0.2) is 63.7 Å². The molecule has 37 heavy (non-hydrogen) atoms. The molecule has 1 saturated heterocycles. The zero-order valence-corrected chi connectivity index (χ0v) is 20.0. The summed E-state index contributed by atoms with van der Waals surface area (Å²) in [6, 6.07) is 15.4. The minimum Gasteiger partial charge on any atom is -0.399 e. The summed E-state index contributed by atoms with van der Waals surface area (Å²) in [7, 11) is 1.39. The average molecular weight is 504 g/mol. The minimum atomic E-state index is -1.08. The van der Waals surface area contributed by atoms with E-state index < -0.39 is 23.0 Å². The molecule has 2 aromatic carbocycles. The van der Waals surface area contributed by atoms with E-state index in [4.69, 9.17) is 4.84 Å². The van der Waals surface area contributed by atoms with Gasteiger partial charge in [-0.25, -0.2) is 0 Å². The normalized spacial score (nSPS) is 16.9. The number of rotatable bonds is 8. The molecule has 190 valence electrons. The predicted molar refractivity (Wildman–Crippen MR) is 135 cm³/mol. The molecule has 0 spiro atoms. The number of carbonyl (C=O) groups is 2. The van der Waals surface area contributed by atoms with Gasteiger partial charge in [-0.05, 0) is 47.0 Å². The quantitative estimate of drug-likeness (QED) is 0.355. The van der Waals surface area contributed by atoms with Gasteiger partial charge < -0.3 is 20.2 Å². The van der Waals surface area contributed by atoms with E-state index in [1.807, 2.05) is 24.3 Å². The highest BCUT2D eigenvalue weighted by Crippen LogP contribution is 2.23. The topological polar surface area (TPSA) is 147 Å². The van der Waals surface area contributed by atoms with Gasteiger partial charge in [0.2, 0.25) is 5.91 Å². The van der Waals surface area contributed by atoms with Crippen LogP contribution in [0.15, 0.2) is 78.2 Å². The first-order valence-electron chi connectivity index (χ1n) is 11.5. The Balaban J connectivity index is 1.45. The Morgan fingerprint density at radius 3 is 2.54 bits per heavy atom. The Hall–Kier alpha value is -4.64. The number of aliphatic hydroxyl groups is 1. The minimum absolute atomic E-state index is 0.0986. The first kappa shape index (κ1) is 25.5. The van der Waals surface area contributed by atoms with E-state index in [1.165, 1.54) is 36.3 Å². The molecule has 3 aromatic rings. The molecule has 2 heterocycles. The fourth-order valence-electron chi connectivity index (χ4n) is 4.10.